The van der Waals surface area contributed by atoms with Gasteiger partial charge in [-0.05, 0) is 66.9 Å². The summed E-state index contributed by atoms with van der Waals surface area (Å²) in [6.07, 6.45) is 2.36. The van der Waals surface area contributed by atoms with Gasteiger partial charge in [0.15, 0.2) is 9.84 Å². The van der Waals surface area contributed by atoms with E-state index >= 15 is 0 Å². The molecule has 4 rings (SSSR count). The zero-order valence-corrected chi connectivity index (χ0v) is 16.3. The van der Waals surface area contributed by atoms with E-state index in [1.165, 1.54) is 10.1 Å². The van der Waals surface area contributed by atoms with Gasteiger partial charge in [-0.25, -0.2) is 8.42 Å². The molecule has 1 N–H and O–H groups in total. The Morgan fingerprint density at radius 2 is 2.00 bits per heavy atom. The number of fused-ring (bicyclic) bond motifs is 1. The standard InChI is InChI=1S/C19H24N2O3S2/c22-19(20-12-14-1-2-18-16(11-14)5-9-25-18)15-3-7-21(8-4-15)17-6-10-26(23,24)13-17/h1-2,5,9,11,15,17H,3-4,6-8,10,12-13H2,(H,20,22). The van der Waals surface area contributed by atoms with E-state index in [0.29, 0.717) is 12.3 Å². The number of piperidine rings is 1. The Bertz CT molecular complexity index is 898. The van der Waals surface area contributed by atoms with Gasteiger partial charge in [-0.15, -0.1) is 11.3 Å². The van der Waals surface area contributed by atoms with E-state index < -0.39 is 9.84 Å². The Hall–Kier alpha value is -1.44. The summed E-state index contributed by atoms with van der Waals surface area (Å²) in [6, 6.07) is 8.57. The lowest BCUT2D eigenvalue weighted by Crippen LogP contribution is -2.45. The fraction of sp³-hybridized carbons (Fsp3) is 0.526. The first-order valence-corrected chi connectivity index (χ1v) is 11.9. The van der Waals surface area contributed by atoms with Crippen LogP contribution in [0.25, 0.3) is 10.1 Å². The third kappa shape index (κ3) is 3.94. The van der Waals surface area contributed by atoms with Crippen LogP contribution in [0.1, 0.15) is 24.8 Å². The highest BCUT2D eigenvalue weighted by Gasteiger charge is 2.35. The molecule has 2 fully saturated rings. The van der Waals surface area contributed by atoms with Crippen molar-refractivity contribution < 1.29 is 13.2 Å². The van der Waals surface area contributed by atoms with Crippen molar-refractivity contribution in [3.05, 3.63) is 35.2 Å². The van der Waals surface area contributed by atoms with Crippen LogP contribution in [-0.2, 0) is 21.2 Å². The topological polar surface area (TPSA) is 66.5 Å². The van der Waals surface area contributed by atoms with Crippen LogP contribution in [0.3, 0.4) is 0 Å². The van der Waals surface area contributed by atoms with Crippen molar-refractivity contribution >= 4 is 37.2 Å². The third-order valence-electron chi connectivity index (χ3n) is 5.61. The summed E-state index contributed by atoms with van der Waals surface area (Å²) in [5.41, 5.74) is 1.12. The van der Waals surface area contributed by atoms with E-state index in [-0.39, 0.29) is 23.6 Å². The Kier molecular flexibility index (Phi) is 5.03. The molecule has 2 aliphatic heterocycles. The van der Waals surface area contributed by atoms with Gasteiger partial charge in [0.2, 0.25) is 5.91 Å². The lowest BCUT2D eigenvalue weighted by molar-refractivity contribution is -0.126. The molecule has 0 radical (unpaired) electrons. The van der Waals surface area contributed by atoms with Crippen LogP contribution < -0.4 is 5.32 Å². The molecule has 0 aliphatic carbocycles. The number of carbonyl (C=O) groups excluding carboxylic acids is 1. The quantitative estimate of drug-likeness (QED) is 0.868. The van der Waals surface area contributed by atoms with Crippen molar-refractivity contribution in [1.82, 2.24) is 10.2 Å². The zero-order chi connectivity index (χ0) is 18.1. The molecule has 26 heavy (non-hydrogen) atoms. The van der Waals surface area contributed by atoms with Crippen LogP contribution in [0.2, 0.25) is 0 Å². The molecule has 1 atom stereocenters. The predicted octanol–water partition coefficient (Wildman–Crippen LogP) is 2.42. The summed E-state index contributed by atoms with van der Waals surface area (Å²) in [4.78, 5) is 14.8. The van der Waals surface area contributed by atoms with Gasteiger partial charge < -0.3 is 5.32 Å². The molecule has 5 nitrogen and oxygen atoms in total. The minimum Gasteiger partial charge on any atom is -0.352 e. The first-order chi connectivity index (χ1) is 12.5. The minimum atomic E-state index is -2.85. The maximum atomic E-state index is 12.5. The number of rotatable bonds is 4. The van der Waals surface area contributed by atoms with Gasteiger partial charge in [-0.3, -0.25) is 9.69 Å². The fourth-order valence-corrected chi connectivity index (χ4v) is 6.58. The number of sulfone groups is 1. The highest BCUT2D eigenvalue weighted by Crippen LogP contribution is 2.25. The summed E-state index contributed by atoms with van der Waals surface area (Å²) in [5, 5.41) is 6.38. The molecule has 1 unspecified atom stereocenters. The van der Waals surface area contributed by atoms with Crippen LogP contribution in [0.15, 0.2) is 29.6 Å². The summed E-state index contributed by atoms with van der Waals surface area (Å²) in [7, 11) is -2.85. The van der Waals surface area contributed by atoms with Gasteiger partial charge in [0.25, 0.3) is 0 Å². The number of nitrogens with zero attached hydrogens (tertiary/aromatic N) is 1. The molecule has 0 spiro atoms. The number of nitrogens with one attached hydrogen (secondary N) is 1. The molecule has 1 amide bonds. The second-order valence-corrected chi connectivity index (χ2v) is 10.6. The molecular weight excluding hydrogens is 368 g/mol. The lowest BCUT2D eigenvalue weighted by atomic mass is 9.94. The molecule has 2 saturated heterocycles. The van der Waals surface area contributed by atoms with Crippen LogP contribution in [0, 0.1) is 5.92 Å². The monoisotopic (exact) mass is 392 g/mol. The number of hydrogen-bond acceptors (Lipinski definition) is 5. The van der Waals surface area contributed by atoms with E-state index in [1.807, 2.05) is 0 Å². The molecule has 2 aromatic rings. The van der Waals surface area contributed by atoms with Crippen LogP contribution >= 0.6 is 11.3 Å². The van der Waals surface area contributed by atoms with Gasteiger partial charge in [-0.2, -0.15) is 0 Å². The highest BCUT2D eigenvalue weighted by atomic mass is 32.2. The van der Waals surface area contributed by atoms with E-state index in [0.717, 1.165) is 37.9 Å². The van der Waals surface area contributed by atoms with E-state index in [4.69, 9.17) is 0 Å². The molecular formula is C19H24N2O3S2. The zero-order valence-electron chi connectivity index (χ0n) is 14.7. The van der Waals surface area contributed by atoms with Crippen molar-refractivity contribution in [1.29, 1.82) is 0 Å². The normalized spacial score (nSPS) is 24.1. The van der Waals surface area contributed by atoms with E-state index in [1.54, 1.807) is 11.3 Å². The predicted molar refractivity (Wildman–Crippen MR) is 105 cm³/mol. The maximum absolute atomic E-state index is 12.5. The Morgan fingerprint density at radius 1 is 1.19 bits per heavy atom. The molecule has 1 aromatic carbocycles. The summed E-state index contributed by atoms with van der Waals surface area (Å²) >= 11 is 1.72. The number of hydrogen-bond donors (Lipinski definition) is 1. The van der Waals surface area contributed by atoms with Crippen LogP contribution in [-0.4, -0.2) is 49.9 Å². The highest BCUT2D eigenvalue weighted by molar-refractivity contribution is 7.91. The average molecular weight is 393 g/mol. The number of amides is 1. The molecule has 140 valence electrons. The third-order valence-corrected chi connectivity index (χ3v) is 8.26. The second kappa shape index (κ2) is 7.29. The lowest BCUT2D eigenvalue weighted by Gasteiger charge is -2.34. The van der Waals surface area contributed by atoms with Gasteiger partial charge in [0.1, 0.15) is 0 Å². The summed E-state index contributed by atoms with van der Waals surface area (Å²) in [5.74, 6) is 0.754. The van der Waals surface area contributed by atoms with Crippen molar-refractivity contribution in [3.63, 3.8) is 0 Å². The first-order valence-electron chi connectivity index (χ1n) is 9.18. The van der Waals surface area contributed by atoms with E-state index in [2.05, 4.69) is 39.9 Å². The SMILES string of the molecule is O=C(NCc1ccc2sccc2c1)C1CCN(C2CCS(=O)(=O)C2)CC1. The van der Waals surface area contributed by atoms with Crippen LogP contribution in [0.5, 0.6) is 0 Å². The van der Waals surface area contributed by atoms with Crippen LogP contribution in [0.4, 0.5) is 0 Å². The number of benzene rings is 1. The largest absolute Gasteiger partial charge is 0.352 e. The van der Waals surface area contributed by atoms with Gasteiger partial charge in [-0.1, -0.05) is 6.07 Å². The Morgan fingerprint density at radius 3 is 2.73 bits per heavy atom. The fourth-order valence-electron chi connectivity index (χ4n) is 4.05. The summed E-state index contributed by atoms with van der Waals surface area (Å²) < 4.78 is 24.6. The Balaban J connectivity index is 1.27. The van der Waals surface area contributed by atoms with Crippen molar-refractivity contribution in [2.45, 2.75) is 31.8 Å². The van der Waals surface area contributed by atoms with Gasteiger partial charge in [0, 0.05) is 23.2 Å². The van der Waals surface area contributed by atoms with Crippen molar-refractivity contribution in [3.8, 4) is 0 Å². The number of carbonyl (C=O) groups is 1. The maximum Gasteiger partial charge on any atom is 0.223 e. The molecule has 1 aromatic heterocycles. The van der Waals surface area contributed by atoms with Gasteiger partial charge >= 0.3 is 0 Å². The van der Waals surface area contributed by atoms with Crippen molar-refractivity contribution in [2.75, 3.05) is 24.6 Å². The number of likely N-dealkylation sites (tertiary alicyclic amines) is 1. The first kappa shape index (κ1) is 17.9. The number of thiophene rings is 1. The van der Waals surface area contributed by atoms with E-state index in [9.17, 15) is 13.2 Å². The molecule has 7 heteroatoms. The molecule has 2 aliphatic rings. The van der Waals surface area contributed by atoms with Gasteiger partial charge in [0.05, 0.1) is 11.5 Å². The smallest absolute Gasteiger partial charge is 0.223 e. The molecule has 0 saturated carbocycles. The minimum absolute atomic E-state index is 0.0362. The molecule has 0 bridgehead atoms. The second-order valence-electron chi connectivity index (χ2n) is 7.38. The summed E-state index contributed by atoms with van der Waals surface area (Å²) in [6.45, 7) is 2.20. The van der Waals surface area contributed by atoms with Crippen molar-refractivity contribution in [2.24, 2.45) is 5.92 Å². The average Bonchev–Trinajstić information content (AvgIpc) is 3.25. The Labute approximate surface area is 158 Å². The molecule has 3 heterocycles.